The highest BCUT2D eigenvalue weighted by atomic mass is 127. The van der Waals surface area contributed by atoms with Crippen LogP contribution in [-0.2, 0) is 10.7 Å². The van der Waals surface area contributed by atoms with E-state index in [1.165, 1.54) is 6.92 Å². The quantitative estimate of drug-likeness (QED) is 0.660. The van der Waals surface area contributed by atoms with Crippen molar-refractivity contribution in [3.8, 4) is 0 Å². The van der Waals surface area contributed by atoms with Crippen molar-refractivity contribution in [2.45, 2.75) is 12.8 Å². The highest BCUT2D eigenvalue weighted by Crippen LogP contribution is 2.17. The Labute approximate surface area is 95.8 Å². The molecule has 0 bridgehead atoms. The number of nitrogens with one attached hydrogen (secondary N) is 1. The van der Waals surface area contributed by atoms with Crippen LogP contribution in [0.25, 0.3) is 0 Å². The summed E-state index contributed by atoms with van der Waals surface area (Å²) in [5, 5.41) is 2.72. The second-order valence-electron chi connectivity index (χ2n) is 2.66. The number of hydrogen-bond acceptors (Lipinski definition) is 1. The fourth-order valence-electron chi connectivity index (χ4n) is 1.00. The summed E-state index contributed by atoms with van der Waals surface area (Å²) in [6.45, 7) is 1.49. The molecular formula is C9H9ClINO. The minimum atomic E-state index is -0.0671. The maximum absolute atomic E-state index is 10.8. The van der Waals surface area contributed by atoms with E-state index in [0.29, 0.717) is 5.88 Å². The molecule has 0 saturated heterocycles. The molecule has 0 fully saturated rings. The van der Waals surface area contributed by atoms with E-state index in [1.807, 2.05) is 18.2 Å². The molecule has 0 heterocycles. The fraction of sp³-hybridized carbons (Fsp3) is 0.222. The van der Waals surface area contributed by atoms with Gasteiger partial charge in [-0.15, -0.1) is 11.6 Å². The minimum Gasteiger partial charge on any atom is -0.326 e. The molecule has 0 aliphatic rings. The van der Waals surface area contributed by atoms with Crippen LogP contribution < -0.4 is 5.32 Å². The van der Waals surface area contributed by atoms with Gasteiger partial charge in [0.05, 0.1) is 0 Å². The molecule has 70 valence electrons. The van der Waals surface area contributed by atoms with Crippen LogP contribution >= 0.6 is 34.2 Å². The summed E-state index contributed by atoms with van der Waals surface area (Å²) in [6.07, 6.45) is 0. The second kappa shape index (κ2) is 4.81. The van der Waals surface area contributed by atoms with Crippen LogP contribution in [0.15, 0.2) is 18.2 Å². The summed E-state index contributed by atoms with van der Waals surface area (Å²) < 4.78 is 1.07. The van der Waals surface area contributed by atoms with Crippen molar-refractivity contribution in [1.82, 2.24) is 0 Å². The number of anilines is 1. The number of alkyl halides is 1. The third-order valence-electron chi connectivity index (χ3n) is 1.43. The number of benzene rings is 1. The lowest BCUT2D eigenvalue weighted by molar-refractivity contribution is -0.114. The van der Waals surface area contributed by atoms with E-state index in [9.17, 15) is 4.79 Å². The molecule has 1 aromatic carbocycles. The fourth-order valence-corrected chi connectivity index (χ4v) is 1.89. The van der Waals surface area contributed by atoms with E-state index in [0.717, 1.165) is 14.8 Å². The van der Waals surface area contributed by atoms with Crippen molar-refractivity contribution < 1.29 is 4.79 Å². The van der Waals surface area contributed by atoms with Crippen molar-refractivity contribution in [1.29, 1.82) is 0 Å². The predicted octanol–water partition coefficient (Wildman–Crippen LogP) is 2.99. The summed E-state index contributed by atoms with van der Waals surface area (Å²) in [6, 6.07) is 5.76. The number of carbonyl (C=O) groups is 1. The lowest BCUT2D eigenvalue weighted by Gasteiger charge is -2.04. The monoisotopic (exact) mass is 309 g/mol. The molecule has 0 unspecified atom stereocenters. The Bertz CT molecular complexity index is 327. The van der Waals surface area contributed by atoms with Crippen molar-refractivity contribution in [3.05, 3.63) is 27.3 Å². The molecule has 13 heavy (non-hydrogen) atoms. The first-order valence-corrected chi connectivity index (χ1v) is 5.36. The average Bonchev–Trinajstić information content (AvgIpc) is 2.01. The van der Waals surface area contributed by atoms with Crippen molar-refractivity contribution >= 4 is 45.8 Å². The zero-order valence-corrected chi connectivity index (χ0v) is 10.0. The standard InChI is InChI=1S/C9H9ClINO/c1-6(13)12-9-3-7(5-10)2-8(11)4-9/h2-4H,5H2,1H3,(H,12,13). The van der Waals surface area contributed by atoms with Gasteiger partial charge in [-0.2, -0.15) is 0 Å². The van der Waals surface area contributed by atoms with Gasteiger partial charge in [0, 0.05) is 22.1 Å². The third kappa shape index (κ3) is 3.52. The highest BCUT2D eigenvalue weighted by molar-refractivity contribution is 14.1. The SMILES string of the molecule is CC(=O)Nc1cc(I)cc(CCl)c1. The van der Waals surface area contributed by atoms with E-state index in [4.69, 9.17) is 11.6 Å². The first-order chi connectivity index (χ1) is 6.11. The molecule has 0 atom stereocenters. The third-order valence-corrected chi connectivity index (χ3v) is 2.36. The normalized spacial score (nSPS) is 9.77. The predicted molar refractivity (Wildman–Crippen MR) is 63.0 cm³/mol. The molecular weight excluding hydrogens is 300 g/mol. The Morgan fingerprint density at radius 2 is 2.23 bits per heavy atom. The lowest BCUT2D eigenvalue weighted by atomic mass is 10.2. The van der Waals surface area contributed by atoms with E-state index < -0.39 is 0 Å². The van der Waals surface area contributed by atoms with Gasteiger partial charge in [0.15, 0.2) is 0 Å². The molecule has 1 rings (SSSR count). The van der Waals surface area contributed by atoms with Crippen LogP contribution in [0.4, 0.5) is 5.69 Å². The molecule has 2 nitrogen and oxygen atoms in total. The van der Waals surface area contributed by atoms with Gasteiger partial charge in [0.2, 0.25) is 5.91 Å². The Morgan fingerprint density at radius 1 is 1.54 bits per heavy atom. The Morgan fingerprint density at radius 3 is 2.77 bits per heavy atom. The summed E-state index contributed by atoms with van der Waals surface area (Å²) >= 11 is 7.88. The van der Waals surface area contributed by atoms with Gasteiger partial charge in [0.25, 0.3) is 0 Å². The Balaban J connectivity index is 2.94. The minimum absolute atomic E-state index is 0.0671. The van der Waals surface area contributed by atoms with Gasteiger partial charge in [-0.05, 0) is 46.4 Å². The van der Waals surface area contributed by atoms with Crippen LogP contribution in [-0.4, -0.2) is 5.91 Å². The molecule has 1 N–H and O–H groups in total. The number of halogens is 2. The van der Waals surface area contributed by atoms with Gasteiger partial charge in [0.1, 0.15) is 0 Å². The van der Waals surface area contributed by atoms with Gasteiger partial charge in [-0.25, -0.2) is 0 Å². The molecule has 4 heteroatoms. The molecule has 0 radical (unpaired) electrons. The van der Waals surface area contributed by atoms with Crippen LogP contribution in [0.2, 0.25) is 0 Å². The number of carbonyl (C=O) groups excluding carboxylic acids is 1. The van der Waals surface area contributed by atoms with Gasteiger partial charge in [-0.3, -0.25) is 4.79 Å². The van der Waals surface area contributed by atoms with Crippen LogP contribution in [0.3, 0.4) is 0 Å². The first-order valence-electron chi connectivity index (χ1n) is 3.75. The molecule has 0 aliphatic heterocycles. The van der Waals surface area contributed by atoms with E-state index >= 15 is 0 Å². The number of hydrogen-bond donors (Lipinski definition) is 1. The van der Waals surface area contributed by atoms with Crippen LogP contribution in [0.1, 0.15) is 12.5 Å². The summed E-state index contributed by atoms with van der Waals surface area (Å²) in [4.78, 5) is 10.8. The van der Waals surface area contributed by atoms with Crippen molar-refractivity contribution in [2.75, 3.05) is 5.32 Å². The molecule has 0 aliphatic carbocycles. The highest BCUT2D eigenvalue weighted by Gasteiger charge is 1.99. The van der Waals surface area contributed by atoms with Crippen molar-refractivity contribution in [3.63, 3.8) is 0 Å². The molecule has 1 aromatic rings. The Hall–Kier alpha value is -0.290. The number of amides is 1. The maximum Gasteiger partial charge on any atom is 0.221 e. The van der Waals surface area contributed by atoms with Gasteiger partial charge < -0.3 is 5.32 Å². The molecule has 0 saturated carbocycles. The summed E-state index contributed by atoms with van der Waals surface area (Å²) in [7, 11) is 0. The van der Waals surface area contributed by atoms with Gasteiger partial charge >= 0.3 is 0 Å². The van der Waals surface area contributed by atoms with Gasteiger partial charge in [-0.1, -0.05) is 0 Å². The van der Waals surface area contributed by atoms with E-state index in [2.05, 4.69) is 27.9 Å². The van der Waals surface area contributed by atoms with Crippen molar-refractivity contribution in [2.24, 2.45) is 0 Å². The van der Waals surface area contributed by atoms with Crippen LogP contribution in [0, 0.1) is 3.57 Å². The smallest absolute Gasteiger partial charge is 0.221 e. The maximum atomic E-state index is 10.8. The van der Waals surface area contributed by atoms with E-state index in [1.54, 1.807) is 0 Å². The second-order valence-corrected chi connectivity index (χ2v) is 4.18. The summed E-state index contributed by atoms with van der Waals surface area (Å²) in [5.74, 6) is 0.395. The Kier molecular flexibility index (Phi) is 3.99. The molecule has 0 spiro atoms. The lowest BCUT2D eigenvalue weighted by Crippen LogP contribution is -2.06. The average molecular weight is 310 g/mol. The molecule has 0 aromatic heterocycles. The first kappa shape index (κ1) is 10.8. The largest absolute Gasteiger partial charge is 0.326 e. The number of rotatable bonds is 2. The van der Waals surface area contributed by atoms with E-state index in [-0.39, 0.29) is 5.91 Å². The van der Waals surface area contributed by atoms with Crippen LogP contribution in [0.5, 0.6) is 0 Å². The topological polar surface area (TPSA) is 29.1 Å². The zero-order chi connectivity index (χ0) is 9.84. The zero-order valence-electron chi connectivity index (χ0n) is 7.10. The summed E-state index contributed by atoms with van der Waals surface area (Å²) in [5.41, 5.74) is 1.81. The molecule has 1 amide bonds.